The smallest absolute Gasteiger partial charge is 0.294 e. The van der Waals surface area contributed by atoms with E-state index in [0.717, 1.165) is 0 Å². The number of aryl methyl sites for hydroxylation is 1. The van der Waals surface area contributed by atoms with Crippen molar-refractivity contribution in [2.75, 3.05) is 31.6 Å². The molecule has 0 atom stereocenters. The van der Waals surface area contributed by atoms with Crippen LogP contribution in [-0.4, -0.2) is 50.1 Å². The molecule has 0 radical (unpaired) electrons. The first-order valence-electron chi connectivity index (χ1n) is 7.50. The standard InChI is InChI=1S/C15H16ClN3O5S/c1-10-8-13(24-18-10)15(20)17-11-2-3-12(16)14(9-11)25(21,22)19-4-6-23-7-5-19/h2-3,8-9H,4-7H2,1H3,(H,17,20). The van der Waals surface area contributed by atoms with E-state index in [0.29, 0.717) is 18.9 Å². The maximum atomic E-state index is 12.8. The van der Waals surface area contributed by atoms with E-state index in [4.69, 9.17) is 20.9 Å². The van der Waals surface area contributed by atoms with E-state index in [1.807, 2.05) is 0 Å². The highest BCUT2D eigenvalue weighted by atomic mass is 35.5. The van der Waals surface area contributed by atoms with Gasteiger partial charge in [0.25, 0.3) is 5.91 Å². The summed E-state index contributed by atoms with van der Waals surface area (Å²) in [5.74, 6) is -0.498. The number of aromatic nitrogens is 1. The van der Waals surface area contributed by atoms with Gasteiger partial charge in [-0.25, -0.2) is 8.42 Å². The Hall–Kier alpha value is -1.94. The molecule has 0 bridgehead atoms. The van der Waals surface area contributed by atoms with Gasteiger partial charge in [0, 0.05) is 24.8 Å². The monoisotopic (exact) mass is 385 g/mol. The molecule has 0 aliphatic carbocycles. The largest absolute Gasteiger partial charge is 0.379 e. The summed E-state index contributed by atoms with van der Waals surface area (Å²) >= 11 is 6.08. The van der Waals surface area contributed by atoms with Crippen LogP contribution in [0, 0.1) is 6.92 Å². The highest BCUT2D eigenvalue weighted by Crippen LogP contribution is 2.28. The minimum Gasteiger partial charge on any atom is -0.379 e. The van der Waals surface area contributed by atoms with Crippen LogP contribution >= 0.6 is 11.6 Å². The normalized spacial score (nSPS) is 15.9. The molecule has 2 heterocycles. The molecule has 8 nitrogen and oxygen atoms in total. The number of ether oxygens (including phenoxy) is 1. The molecule has 10 heteroatoms. The Morgan fingerprint density at radius 2 is 2.00 bits per heavy atom. The molecule has 1 aliphatic heterocycles. The number of morpholine rings is 1. The van der Waals surface area contributed by atoms with E-state index < -0.39 is 15.9 Å². The third-order valence-corrected chi connectivity index (χ3v) is 6.01. The zero-order chi connectivity index (χ0) is 18.0. The summed E-state index contributed by atoms with van der Waals surface area (Å²) in [6, 6.07) is 5.75. The maximum absolute atomic E-state index is 12.8. The molecule has 1 fully saturated rings. The number of sulfonamides is 1. The maximum Gasteiger partial charge on any atom is 0.294 e. The van der Waals surface area contributed by atoms with Gasteiger partial charge in [-0.15, -0.1) is 0 Å². The van der Waals surface area contributed by atoms with Gasteiger partial charge in [-0.05, 0) is 25.1 Å². The van der Waals surface area contributed by atoms with Gasteiger partial charge in [-0.3, -0.25) is 4.79 Å². The number of nitrogens with zero attached hydrogens (tertiary/aromatic N) is 2. The van der Waals surface area contributed by atoms with Crippen molar-refractivity contribution >= 4 is 33.2 Å². The molecule has 1 aliphatic rings. The van der Waals surface area contributed by atoms with Crippen LogP contribution in [0.15, 0.2) is 33.7 Å². The number of amides is 1. The number of halogens is 1. The molecule has 0 unspecified atom stereocenters. The zero-order valence-electron chi connectivity index (χ0n) is 13.4. The topological polar surface area (TPSA) is 102 Å². The molecule has 1 N–H and O–H groups in total. The molecule has 1 aromatic heterocycles. The van der Waals surface area contributed by atoms with Crippen molar-refractivity contribution in [2.24, 2.45) is 0 Å². The third-order valence-electron chi connectivity index (χ3n) is 3.63. The average Bonchev–Trinajstić information content (AvgIpc) is 3.04. The summed E-state index contributed by atoms with van der Waals surface area (Å²) in [6.07, 6.45) is 0. The lowest BCUT2D eigenvalue weighted by Gasteiger charge is -2.26. The highest BCUT2D eigenvalue weighted by molar-refractivity contribution is 7.89. The molecule has 3 rings (SSSR count). The van der Waals surface area contributed by atoms with Gasteiger partial charge in [0.1, 0.15) is 4.90 Å². The third kappa shape index (κ3) is 3.84. The fourth-order valence-electron chi connectivity index (χ4n) is 2.37. The molecular weight excluding hydrogens is 370 g/mol. The molecule has 134 valence electrons. The second kappa shape index (κ2) is 7.12. The first kappa shape index (κ1) is 17.9. The molecule has 0 spiro atoms. The van der Waals surface area contributed by atoms with Gasteiger partial charge in [0.2, 0.25) is 15.8 Å². The van der Waals surface area contributed by atoms with Crippen LogP contribution in [0.25, 0.3) is 0 Å². The fraction of sp³-hybridized carbons (Fsp3) is 0.333. The molecular formula is C15H16ClN3O5S. The van der Waals surface area contributed by atoms with E-state index in [9.17, 15) is 13.2 Å². The lowest BCUT2D eigenvalue weighted by molar-refractivity contribution is 0.0730. The van der Waals surface area contributed by atoms with Crippen LogP contribution in [0.2, 0.25) is 5.02 Å². The van der Waals surface area contributed by atoms with Crippen LogP contribution in [0.3, 0.4) is 0 Å². The van der Waals surface area contributed by atoms with Gasteiger partial charge >= 0.3 is 0 Å². The number of hydrogen-bond acceptors (Lipinski definition) is 6. The highest BCUT2D eigenvalue weighted by Gasteiger charge is 2.28. The Balaban J connectivity index is 1.86. The summed E-state index contributed by atoms with van der Waals surface area (Å²) in [5.41, 5.74) is 0.854. The lowest BCUT2D eigenvalue weighted by atomic mass is 10.3. The van der Waals surface area contributed by atoms with Gasteiger partial charge < -0.3 is 14.6 Å². The van der Waals surface area contributed by atoms with E-state index in [2.05, 4.69) is 10.5 Å². The predicted molar refractivity (Wildman–Crippen MR) is 90.2 cm³/mol. The van der Waals surface area contributed by atoms with Crippen molar-refractivity contribution < 1.29 is 22.5 Å². The van der Waals surface area contributed by atoms with Crippen LogP contribution in [0.1, 0.15) is 16.2 Å². The minimum atomic E-state index is -3.78. The second-order valence-corrected chi connectivity index (χ2v) is 7.76. The summed E-state index contributed by atoms with van der Waals surface area (Å²) in [7, 11) is -3.78. The summed E-state index contributed by atoms with van der Waals surface area (Å²) in [4.78, 5) is 12.1. The molecule has 25 heavy (non-hydrogen) atoms. The molecule has 1 saturated heterocycles. The predicted octanol–water partition coefficient (Wildman–Crippen LogP) is 1.91. The van der Waals surface area contributed by atoms with E-state index in [1.165, 1.54) is 28.6 Å². The SMILES string of the molecule is Cc1cc(C(=O)Nc2ccc(Cl)c(S(=O)(=O)N3CCOCC3)c2)on1. The van der Waals surface area contributed by atoms with Gasteiger partial charge in [-0.2, -0.15) is 4.31 Å². The summed E-state index contributed by atoms with van der Waals surface area (Å²) in [5, 5.41) is 6.30. The molecule has 1 aromatic carbocycles. The van der Waals surface area contributed by atoms with E-state index in [-0.39, 0.29) is 34.5 Å². The molecule has 2 aromatic rings. The first-order chi connectivity index (χ1) is 11.9. The summed E-state index contributed by atoms with van der Waals surface area (Å²) in [6.45, 7) is 2.87. The number of anilines is 1. The van der Waals surface area contributed by atoms with Crippen molar-refractivity contribution in [3.63, 3.8) is 0 Å². The lowest BCUT2D eigenvalue weighted by Crippen LogP contribution is -2.40. The minimum absolute atomic E-state index is 0.0324. The fourth-order valence-corrected chi connectivity index (χ4v) is 4.28. The van der Waals surface area contributed by atoms with Gasteiger partial charge in [0.15, 0.2) is 0 Å². The van der Waals surface area contributed by atoms with Crippen LogP contribution < -0.4 is 5.32 Å². The van der Waals surface area contributed by atoms with Crippen molar-refractivity contribution in [1.29, 1.82) is 0 Å². The Kier molecular flexibility index (Phi) is 5.09. The van der Waals surface area contributed by atoms with Gasteiger partial charge in [0.05, 0.1) is 23.9 Å². The van der Waals surface area contributed by atoms with Crippen molar-refractivity contribution in [3.8, 4) is 0 Å². The molecule has 0 saturated carbocycles. The van der Waals surface area contributed by atoms with E-state index in [1.54, 1.807) is 6.92 Å². The van der Waals surface area contributed by atoms with Crippen molar-refractivity contribution in [1.82, 2.24) is 9.46 Å². The number of benzene rings is 1. The Labute approximate surface area is 149 Å². The van der Waals surface area contributed by atoms with Crippen molar-refractivity contribution in [2.45, 2.75) is 11.8 Å². The number of nitrogens with one attached hydrogen (secondary N) is 1. The Morgan fingerprint density at radius 3 is 2.64 bits per heavy atom. The number of carbonyl (C=O) groups is 1. The second-order valence-electron chi connectivity index (χ2n) is 5.45. The number of carbonyl (C=O) groups excluding carboxylic acids is 1. The van der Waals surface area contributed by atoms with Crippen LogP contribution in [-0.2, 0) is 14.8 Å². The average molecular weight is 386 g/mol. The van der Waals surface area contributed by atoms with E-state index >= 15 is 0 Å². The quantitative estimate of drug-likeness (QED) is 0.862. The van der Waals surface area contributed by atoms with Crippen LogP contribution in [0.5, 0.6) is 0 Å². The Morgan fingerprint density at radius 1 is 1.28 bits per heavy atom. The van der Waals surface area contributed by atoms with Crippen LogP contribution in [0.4, 0.5) is 5.69 Å². The number of rotatable bonds is 4. The zero-order valence-corrected chi connectivity index (χ0v) is 14.9. The Bertz CT molecular complexity index is 890. The van der Waals surface area contributed by atoms with Gasteiger partial charge in [-0.1, -0.05) is 16.8 Å². The number of hydrogen-bond donors (Lipinski definition) is 1. The summed E-state index contributed by atoms with van der Waals surface area (Å²) < 4.78 is 36.9. The molecule has 1 amide bonds. The van der Waals surface area contributed by atoms with Crippen molar-refractivity contribution in [3.05, 3.63) is 40.7 Å². The first-order valence-corrected chi connectivity index (χ1v) is 9.32.